The molecule has 3 aromatic heterocycles. The van der Waals surface area contributed by atoms with Crippen LogP contribution < -0.4 is 10.1 Å². The zero-order valence-electron chi connectivity index (χ0n) is 15.5. The molecule has 0 fully saturated rings. The molecule has 29 heavy (non-hydrogen) atoms. The van der Waals surface area contributed by atoms with Crippen molar-refractivity contribution in [3.05, 3.63) is 68.9 Å². The molecule has 0 spiro atoms. The first-order valence-electron chi connectivity index (χ1n) is 8.87. The highest BCUT2D eigenvalue weighted by atomic mass is 35.5. The van der Waals surface area contributed by atoms with Gasteiger partial charge in [-0.15, -0.1) is 22.7 Å². The number of aryl methyl sites for hydroxylation is 1. The number of anilines is 1. The van der Waals surface area contributed by atoms with Crippen LogP contribution in [0.15, 0.2) is 53.5 Å². The van der Waals surface area contributed by atoms with Crippen molar-refractivity contribution in [2.24, 2.45) is 0 Å². The number of thiophene rings is 1. The van der Waals surface area contributed by atoms with Crippen LogP contribution in [-0.2, 0) is 13.2 Å². The minimum absolute atomic E-state index is 0.191. The topological polar surface area (TPSA) is 69.0 Å². The first-order valence-corrected chi connectivity index (χ1v) is 11.0. The van der Waals surface area contributed by atoms with Crippen molar-refractivity contribution in [3.63, 3.8) is 0 Å². The van der Waals surface area contributed by atoms with Crippen LogP contribution in [0.3, 0.4) is 0 Å². The van der Waals surface area contributed by atoms with E-state index in [-0.39, 0.29) is 5.91 Å². The van der Waals surface area contributed by atoms with Crippen LogP contribution in [0.5, 0.6) is 5.75 Å². The number of nitrogens with one attached hydrogen (secondary N) is 1. The van der Waals surface area contributed by atoms with Crippen molar-refractivity contribution in [1.29, 1.82) is 0 Å². The minimum Gasteiger partial charge on any atom is -0.487 e. The van der Waals surface area contributed by atoms with Crippen LogP contribution in [0.1, 0.15) is 22.2 Å². The second kappa shape index (κ2) is 8.77. The lowest BCUT2D eigenvalue weighted by Gasteiger charge is -2.06. The maximum atomic E-state index is 12.5. The van der Waals surface area contributed by atoms with Crippen LogP contribution in [0.2, 0.25) is 5.02 Å². The van der Waals surface area contributed by atoms with Gasteiger partial charge >= 0.3 is 0 Å². The van der Waals surface area contributed by atoms with Crippen molar-refractivity contribution in [1.82, 2.24) is 14.8 Å². The highest BCUT2D eigenvalue weighted by Gasteiger charge is 2.13. The fourth-order valence-electron chi connectivity index (χ4n) is 2.58. The average Bonchev–Trinajstić information content (AvgIpc) is 3.47. The fraction of sp³-hybridized carbons (Fsp3) is 0.150. The molecule has 4 aromatic rings. The molecule has 0 saturated heterocycles. The summed E-state index contributed by atoms with van der Waals surface area (Å²) in [6.45, 7) is 3.17. The van der Waals surface area contributed by atoms with E-state index in [1.807, 2.05) is 52.8 Å². The Morgan fingerprint density at radius 2 is 2.14 bits per heavy atom. The van der Waals surface area contributed by atoms with Gasteiger partial charge in [-0.25, -0.2) is 4.98 Å². The van der Waals surface area contributed by atoms with E-state index in [9.17, 15) is 4.79 Å². The summed E-state index contributed by atoms with van der Waals surface area (Å²) in [7, 11) is 0. The van der Waals surface area contributed by atoms with Crippen molar-refractivity contribution < 1.29 is 9.53 Å². The second-order valence-electron chi connectivity index (χ2n) is 6.12. The third kappa shape index (κ3) is 4.67. The number of rotatable bonds is 7. The first-order chi connectivity index (χ1) is 14.1. The highest BCUT2D eigenvalue weighted by Crippen LogP contribution is 2.27. The molecule has 1 amide bonds. The third-order valence-corrected chi connectivity index (χ3v) is 6.13. The van der Waals surface area contributed by atoms with Gasteiger partial charge in [-0.05, 0) is 30.5 Å². The predicted molar refractivity (Wildman–Crippen MR) is 117 cm³/mol. The van der Waals surface area contributed by atoms with E-state index in [4.69, 9.17) is 16.3 Å². The molecule has 0 aliphatic heterocycles. The number of thiazole rings is 1. The molecule has 1 aromatic carbocycles. The zero-order chi connectivity index (χ0) is 20.2. The van der Waals surface area contributed by atoms with Crippen LogP contribution in [0.4, 0.5) is 5.13 Å². The van der Waals surface area contributed by atoms with Crippen LogP contribution in [-0.4, -0.2) is 20.7 Å². The molecular formula is C20H17ClN4O2S2. The van der Waals surface area contributed by atoms with Gasteiger partial charge < -0.3 is 4.74 Å². The summed E-state index contributed by atoms with van der Waals surface area (Å²) >= 11 is 8.84. The Morgan fingerprint density at radius 3 is 2.93 bits per heavy atom. The Hall–Kier alpha value is -2.68. The molecule has 0 aliphatic rings. The number of carbonyl (C=O) groups excluding carboxylic acids is 1. The summed E-state index contributed by atoms with van der Waals surface area (Å²) < 4.78 is 7.56. The van der Waals surface area contributed by atoms with E-state index in [2.05, 4.69) is 15.4 Å². The smallest absolute Gasteiger partial charge is 0.267 e. The summed E-state index contributed by atoms with van der Waals surface area (Å²) in [5, 5.41) is 12.0. The number of hydrogen-bond acceptors (Lipinski definition) is 6. The van der Waals surface area contributed by atoms with Gasteiger partial charge in [0.1, 0.15) is 12.4 Å². The van der Waals surface area contributed by atoms with Crippen molar-refractivity contribution in [2.75, 3.05) is 5.32 Å². The number of amides is 1. The minimum atomic E-state index is -0.191. The Morgan fingerprint density at radius 1 is 1.28 bits per heavy atom. The third-order valence-electron chi connectivity index (χ3n) is 4.09. The van der Waals surface area contributed by atoms with Gasteiger partial charge in [0.05, 0.1) is 21.8 Å². The molecule has 0 radical (unpaired) electrons. The highest BCUT2D eigenvalue weighted by molar-refractivity contribution is 7.14. The molecule has 0 aliphatic carbocycles. The number of benzene rings is 1. The van der Waals surface area contributed by atoms with Gasteiger partial charge in [0.15, 0.2) is 5.13 Å². The van der Waals surface area contributed by atoms with Crippen molar-refractivity contribution >= 4 is 45.3 Å². The summed E-state index contributed by atoms with van der Waals surface area (Å²) in [6, 6.07) is 9.12. The van der Waals surface area contributed by atoms with Gasteiger partial charge in [0, 0.05) is 29.2 Å². The Kier molecular flexibility index (Phi) is 5.94. The molecule has 6 nitrogen and oxygen atoms in total. The Balaban J connectivity index is 1.37. The largest absolute Gasteiger partial charge is 0.487 e. The maximum absolute atomic E-state index is 12.5. The number of aromatic nitrogens is 3. The van der Waals surface area contributed by atoms with Crippen LogP contribution in [0.25, 0.3) is 11.3 Å². The van der Waals surface area contributed by atoms with Gasteiger partial charge in [0.25, 0.3) is 5.91 Å². The lowest BCUT2D eigenvalue weighted by atomic mass is 10.3. The SMILES string of the molecule is CCn1cc(-c2csc(NC(=O)c3cc(COc4ccccc4Cl)cs3)n2)cn1. The lowest BCUT2D eigenvalue weighted by Crippen LogP contribution is -2.09. The number of carbonyl (C=O) groups is 1. The van der Waals surface area contributed by atoms with E-state index in [0.29, 0.717) is 27.4 Å². The number of ether oxygens (including phenoxy) is 1. The molecule has 0 atom stereocenters. The van der Waals surface area contributed by atoms with Crippen LogP contribution in [0, 0.1) is 0 Å². The molecule has 0 bridgehead atoms. The molecule has 148 valence electrons. The fourth-order valence-corrected chi connectivity index (χ4v) is 4.28. The quantitative estimate of drug-likeness (QED) is 0.404. The standard InChI is InChI=1S/C20H17ClN4O2S2/c1-2-25-9-14(8-22-25)16-12-29-20(23-16)24-19(26)18-7-13(11-28-18)10-27-17-6-4-3-5-15(17)21/h3-9,11-12H,2,10H2,1H3,(H,23,24,26). The van der Waals surface area contributed by atoms with E-state index in [1.54, 1.807) is 12.3 Å². The number of para-hydroxylation sites is 1. The molecule has 1 N–H and O–H groups in total. The summed E-state index contributed by atoms with van der Waals surface area (Å²) in [5.74, 6) is 0.428. The van der Waals surface area contributed by atoms with E-state index < -0.39 is 0 Å². The van der Waals surface area contributed by atoms with E-state index in [1.165, 1.54) is 22.7 Å². The molecule has 3 heterocycles. The number of halogens is 1. The van der Waals surface area contributed by atoms with E-state index in [0.717, 1.165) is 23.4 Å². The van der Waals surface area contributed by atoms with Crippen molar-refractivity contribution in [3.8, 4) is 17.0 Å². The molecule has 9 heteroatoms. The Bertz CT molecular complexity index is 1130. The van der Waals surface area contributed by atoms with Crippen molar-refractivity contribution in [2.45, 2.75) is 20.1 Å². The van der Waals surface area contributed by atoms with Gasteiger partial charge in [-0.3, -0.25) is 14.8 Å². The first kappa shape index (κ1) is 19.6. The lowest BCUT2D eigenvalue weighted by molar-refractivity contribution is 0.103. The van der Waals surface area contributed by atoms with Gasteiger partial charge in [-0.1, -0.05) is 23.7 Å². The molecule has 0 unspecified atom stereocenters. The summed E-state index contributed by atoms with van der Waals surface area (Å²) in [5.41, 5.74) is 2.63. The summed E-state index contributed by atoms with van der Waals surface area (Å²) in [4.78, 5) is 17.6. The maximum Gasteiger partial charge on any atom is 0.267 e. The molecule has 4 rings (SSSR count). The van der Waals surface area contributed by atoms with Crippen LogP contribution >= 0.6 is 34.3 Å². The van der Waals surface area contributed by atoms with Gasteiger partial charge in [-0.2, -0.15) is 5.10 Å². The van der Waals surface area contributed by atoms with Gasteiger partial charge in [0.2, 0.25) is 0 Å². The normalized spacial score (nSPS) is 10.8. The second-order valence-corrected chi connectivity index (χ2v) is 8.29. The number of nitrogens with zero attached hydrogens (tertiary/aromatic N) is 3. The summed E-state index contributed by atoms with van der Waals surface area (Å²) in [6.07, 6.45) is 3.71. The number of hydrogen-bond donors (Lipinski definition) is 1. The zero-order valence-corrected chi connectivity index (χ0v) is 17.9. The molecular weight excluding hydrogens is 428 g/mol. The predicted octanol–water partition coefficient (Wildman–Crippen LogP) is 5.57. The van der Waals surface area contributed by atoms with E-state index >= 15 is 0 Å². The molecule has 0 saturated carbocycles. The monoisotopic (exact) mass is 444 g/mol. The Labute approximate surface area is 180 Å². The average molecular weight is 445 g/mol.